The lowest BCUT2D eigenvalue weighted by Crippen LogP contribution is -2.53. The summed E-state index contributed by atoms with van der Waals surface area (Å²) in [6.07, 6.45) is 3.33. The van der Waals surface area contributed by atoms with Gasteiger partial charge in [-0.3, -0.25) is 4.90 Å². The summed E-state index contributed by atoms with van der Waals surface area (Å²) >= 11 is 3.65. The molecule has 0 radical (unpaired) electrons. The van der Waals surface area contributed by atoms with Crippen molar-refractivity contribution in [2.75, 3.05) is 20.2 Å². The maximum absolute atomic E-state index is 5.63. The van der Waals surface area contributed by atoms with E-state index in [2.05, 4.69) is 98.6 Å². The van der Waals surface area contributed by atoms with Crippen molar-refractivity contribution >= 4 is 26.8 Å². The number of methoxy groups -OCH3 is 1. The molecule has 2 atom stereocenters. The SMILES string of the molecule is COc1cccc(C23CCN(Cc4ccccc4)CC2Cc2c([nH]c4cc(Br)ccc24)C3)c1. The van der Waals surface area contributed by atoms with Crippen LogP contribution < -0.4 is 4.74 Å². The molecule has 2 unspecified atom stereocenters. The van der Waals surface area contributed by atoms with Gasteiger partial charge in [-0.2, -0.15) is 0 Å². The van der Waals surface area contributed by atoms with E-state index in [0.29, 0.717) is 5.92 Å². The normalized spacial score (nSPS) is 22.7. The van der Waals surface area contributed by atoms with Gasteiger partial charge in [0.05, 0.1) is 7.11 Å². The van der Waals surface area contributed by atoms with E-state index in [1.165, 1.54) is 33.3 Å². The summed E-state index contributed by atoms with van der Waals surface area (Å²) in [4.78, 5) is 6.45. The Hall–Kier alpha value is -2.56. The monoisotopic (exact) mass is 500 g/mol. The first-order valence-corrected chi connectivity index (χ1v) is 12.6. The van der Waals surface area contributed by atoms with Gasteiger partial charge in [0.25, 0.3) is 0 Å². The van der Waals surface area contributed by atoms with Gasteiger partial charge >= 0.3 is 0 Å². The molecule has 1 fully saturated rings. The van der Waals surface area contributed by atoms with Crippen molar-refractivity contribution in [1.29, 1.82) is 0 Å². The van der Waals surface area contributed by atoms with Gasteiger partial charge in [0.2, 0.25) is 0 Å². The zero-order valence-electron chi connectivity index (χ0n) is 19.0. The van der Waals surface area contributed by atoms with Crippen molar-refractivity contribution < 1.29 is 4.74 Å². The van der Waals surface area contributed by atoms with E-state index in [1.54, 1.807) is 7.11 Å². The fourth-order valence-corrected chi connectivity index (χ4v) is 6.62. The number of likely N-dealkylation sites (tertiary alicyclic amines) is 1. The summed E-state index contributed by atoms with van der Waals surface area (Å²) in [6, 6.07) is 26.4. The molecule has 3 nitrogen and oxygen atoms in total. The van der Waals surface area contributed by atoms with E-state index < -0.39 is 0 Å². The molecule has 6 rings (SSSR count). The Morgan fingerprint density at radius 2 is 1.94 bits per heavy atom. The van der Waals surface area contributed by atoms with Crippen molar-refractivity contribution in [1.82, 2.24) is 9.88 Å². The summed E-state index contributed by atoms with van der Waals surface area (Å²) in [6.45, 7) is 3.26. The Balaban J connectivity index is 1.41. The van der Waals surface area contributed by atoms with Crippen molar-refractivity contribution in [3.05, 3.63) is 99.7 Å². The number of benzene rings is 3. The van der Waals surface area contributed by atoms with Crippen LogP contribution in [0.1, 0.15) is 28.8 Å². The lowest BCUT2D eigenvalue weighted by Gasteiger charge is -2.51. The maximum Gasteiger partial charge on any atom is 0.119 e. The summed E-state index contributed by atoms with van der Waals surface area (Å²) < 4.78 is 6.76. The average Bonchev–Trinajstić information content (AvgIpc) is 3.19. The molecular weight excluding hydrogens is 472 g/mol. The molecule has 1 saturated heterocycles. The van der Waals surface area contributed by atoms with Crippen LogP contribution in [0, 0.1) is 5.92 Å². The molecule has 4 heteroatoms. The van der Waals surface area contributed by atoms with Gasteiger partial charge < -0.3 is 9.72 Å². The molecule has 2 heterocycles. The van der Waals surface area contributed by atoms with Crippen LogP contribution in [0.25, 0.3) is 10.9 Å². The zero-order valence-corrected chi connectivity index (χ0v) is 20.6. The third-order valence-corrected chi connectivity index (χ3v) is 8.42. The summed E-state index contributed by atoms with van der Waals surface area (Å²) in [5.41, 5.74) is 7.14. The fraction of sp³-hybridized carbons (Fsp3) is 0.310. The molecule has 4 aromatic rings. The molecule has 1 aromatic heterocycles. The number of aromatic nitrogens is 1. The van der Waals surface area contributed by atoms with E-state index in [0.717, 1.165) is 49.1 Å². The minimum Gasteiger partial charge on any atom is -0.497 e. The molecule has 1 N–H and O–H groups in total. The van der Waals surface area contributed by atoms with Crippen LogP contribution in [-0.2, 0) is 24.8 Å². The number of fused-ring (bicyclic) bond motifs is 4. The fourth-order valence-electron chi connectivity index (χ4n) is 6.26. The van der Waals surface area contributed by atoms with E-state index in [9.17, 15) is 0 Å². The minimum absolute atomic E-state index is 0.132. The first-order chi connectivity index (χ1) is 16.1. The number of halogens is 1. The Labute approximate surface area is 203 Å². The molecule has 3 aromatic carbocycles. The predicted octanol–water partition coefficient (Wildman–Crippen LogP) is 6.50. The van der Waals surface area contributed by atoms with Gasteiger partial charge in [0.15, 0.2) is 0 Å². The highest BCUT2D eigenvalue weighted by molar-refractivity contribution is 9.10. The van der Waals surface area contributed by atoms with Crippen molar-refractivity contribution in [2.24, 2.45) is 5.92 Å². The van der Waals surface area contributed by atoms with Crippen LogP contribution in [0.5, 0.6) is 5.75 Å². The molecule has 1 aliphatic heterocycles. The predicted molar refractivity (Wildman–Crippen MR) is 138 cm³/mol. The Bertz CT molecular complexity index is 1300. The highest BCUT2D eigenvalue weighted by Crippen LogP contribution is 2.49. The standard InChI is InChI=1S/C29H29BrN2O/c1-33-24-9-5-8-21(14-24)29-12-13-32(18-20-6-3-2-4-7-20)19-22(29)15-26-25-11-10-23(30)16-27(25)31-28(26)17-29/h2-11,14,16,22,31H,12-13,15,17-19H2,1H3. The average molecular weight is 501 g/mol. The lowest BCUT2D eigenvalue weighted by molar-refractivity contribution is 0.0765. The number of nitrogens with zero attached hydrogens (tertiary/aromatic N) is 1. The number of ether oxygens (including phenoxy) is 1. The molecule has 168 valence electrons. The minimum atomic E-state index is 0.132. The number of H-pyrrole nitrogens is 1. The van der Waals surface area contributed by atoms with E-state index in [1.807, 2.05) is 0 Å². The molecule has 33 heavy (non-hydrogen) atoms. The smallest absolute Gasteiger partial charge is 0.119 e. The van der Waals surface area contributed by atoms with E-state index >= 15 is 0 Å². The van der Waals surface area contributed by atoms with Crippen LogP contribution in [0.15, 0.2) is 77.3 Å². The van der Waals surface area contributed by atoms with Crippen LogP contribution in [0.3, 0.4) is 0 Å². The number of hydrogen-bond acceptors (Lipinski definition) is 2. The number of rotatable bonds is 4. The van der Waals surface area contributed by atoms with Crippen LogP contribution in [0.4, 0.5) is 0 Å². The van der Waals surface area contributed by atoms with Gasteiger partial charge in [-0.05, 0) is 72.7 Å². The topological polar surface area (TPSA) is 28.3 Å². The third kappa shape index (κ3) is 3.70. The highest BCUT2D eigenvalue weighted by atomic mass is 79.9. The Morgan fingerprint density at radius 1 is 1.06 bits per heavy atom. The number of hydrogen-bond donors (Lipinski definition) is 1. The third-order valence-electron chi connectivity index (χ3n) is 7.93. The molecule has 0 saturated carbocycles. The highest BCUT2D eigenvalue weighted by Gasteiger charge is 2.48. The second-order valence-electron chi connectivity index (χ2n) is 9.71. The second kappa shape index (κ2) is 8.34. The lowest BCUT2D eigenvalue weighted by atomic mass is 9.58. The molecule has 0 spiro atoms. The van der Waals surface area contributed by atoms with Gasteiger partial charge in [-0.25, -0.2) is 0 Å². The first-order valence-electron chi connectivity index (χ1n) is 11.8. The summed E-state index contributed by atoms with van der Waals surface area (Å²) in [7, 11) is 1.77. The molecular formula is C29H29BrN2O. The van der Waals surface area contributed by atoms with Crippen molar-refractivity contribution in [2.45, 2.75) is 31.2 Å². The van der Waals surface area contributed by atoms with Gasteiger partial charge in [-0.1, -0.05) is 64.5 Å². The van der Waals surface area contributed by atoms with Crippen molar-refractivity contribution in [3.63, 3.8) is 0 Å². The number of piperidine rings is 1. The Morgan fingerprint density at radius 3 is 2.79 bits per heavy atom. The van der Waals surface area contributed by atoms with Gasteiger partial charge in [-0.15, -0.1) is 0 Å². The van der Waals surface area contributed by atoms with Gasteiger partial charge in [0.1, 0.15) is 5.75 Å². The zero-order chi connectivity index (χ0) is 22.4. The van der Waals surface area contributed by atoms with Crippen LogP contribution in [-0.4, -0.2) is 30.1 Å². The van der Waals surface area contributed by atoms with Crippen LogP contribution in [0.2, 0.25) is 0 Å². The number of aromatic amines is 1. The largest absolute Gasteiger partial charge is 0.497 e. The molecule has 0 bridgehead atoms. The molecule has 2 aliphatic rings. The molecule has 0 amide bonds. The summed E-state index contributed by atoms with van der Waals surface area (Å²) in [5, 5.41) is 1.38. The summed E-state index contributed by atoms with van der Waals surface area (Å²) in [5.74, 6) is 1.52. The second-order valence-corrected chi connectivity index (χ2v) is 10.6. The quantitative estimate of drug-likeness (QED) is 0.346. The van der Waals surface area contributed by atoms with E-state index in [4.69, 9.17) is 4.74 Å². The number of nitrogens with one attached hydrogen (secondary N) is 1. The maximum atomic E-state index is 5.63. The van der Waals surface area contributed by atoms with E-state index in [-0.39, 0.29) is 5.41 Å². The van der Waals surface area contributed by atoms with Crippen molar-refractivity contribution in [3.8, 4) is 5.75 Å². The Kier molecular flexibility index (Phi) is 5.31. The van der Waals surface area contributed by atoms with Crippen LogP contribution >= 0.6 is 15.9 Å². The van der Waals surface area contributed by atoms with Gasteiger partial charge in [0, 0.05) is 39.6 Å². The molecule has 1 aliphatic carbocycles. The first kappa shape index (κ1) is 21.0.